The monoisotopic (exact) mass is 243 g/mol. The van der Waals surface area contributed by atoms with Crippen LogP contribution in [0.15, 0.2) is 47.6 Å². The van der Waals surface area contributed by atoms with Crippen LogP contribution in [0.5, 0.6) is 0 Å². The summed E-state index contributed by atoms with van der Waals surface area (Å²) in [5, 5.41) is 17.2. The molecule has 0 atom stereocenters. The standard InChI is InChI=1S/C14H17N3O/c15-14(17-18)8-9-16-10-12-6-3-5-11-4-1-2-7-13(11)12/h1-7,16,18H,8-10H2,(H2,15,17). The van der Waals surface area contributed by atoms with Gasteiger partial charge >= 0.3 is 0 Å². The maximum absolute atomic E-state index is 8.43. The van der Waals surface area contributed by atoms with Crippen molar-refractivity contribution in [2.75, 3.05) is 6.54 Å². The molecule has 0 fully saturated rings. The Labute approximate surface area is 106 Å². The van der Waals surface area contributed by atoms with Crippen LogP contribution in [0.1, 0.15) is 12.0 Å². The Morgan fingerprint density at radius 3 is 2.78 bits per heavy atom. The molecular formula is C14H17N3O. The van der Waals surface area contributed by atoms with E-state index in [-0.39, 0.29) is 5.84 Å². The summed E-state index contributed by atoms with van der Waals surface area (Å²) in [6, 6.07) is 14.6. The van der Waals surface area contributed by atoms with Crippen LogP contribution in [0.3, 0.4) is 0 Å². The predicted molar refractivity (Wildman–Crippen MR) is 73.7 cm³/mol. The van der Waals surface area contributed by atoms with Crippen LogP contribution < -0.4 is 11.1 Å². The number of rotatable bonds is 5. The van der Waals surface area contributed by atoms with E-state index in [0.717, 1.165) is 6.54 Å². The minimum Gasteiger partial charge on any atom is -0.409 e. The topological polar surface area (TPSA) is 70.6 Å². The fraction of sp³-hybridized carbons (Fsp3) is 0.214. The quantitative estimate of drug-likeness (QED) is 0.247. The fourth-order valence-corrected chi connectivity index (χ4v) is 1.94. The predicted octanol–water partition coefficient (Wildman–Crippen LogP) is 2.07. The Hall–Kier alpha value is -2.07. The van der Waals surface area contributed by atoms with Gasteiger partial charge in [-0.05, 0) is 16.3 Å². The molecule has 2 rings (SSSR count). The zero-order valence-corrected chi connectivity index (χ0v) is 10.1. The van der Waals surface area contributed by atoms with E-state index >= 15 is 0 Å². The molecule has 0 aliphatic rings. The molecule has 2 aromatic rings. The van der Waals surface area contributed by atoms with Gasteiger partial charge in [0.15, 0.2) is 0 Å². The first-order valence-corrected chi connectivity index (χ1v) is 5.95. The number of nitrogens with zero attached hydrogens (tertiary/aromatic N) is 1. The molecule has 0 spiro atoms. The summed E-state index contributed by atoms with van der Waals surface area (Å²) in [7, 11) is 0. The van der Waals surface area contributed by atoms with Gasteiger partial charge in [0.25, 0.3) is 0 Å². The average molecular weight is 243 g/mol. The van der Waals surface area contributed by atoms with Gasteiger partial charge in [-0.25, -0.2) is 0 Å². The highest BCUT2D eigenvalue weighted by atomic mass is 16.4. The van der Waals surface area contributed by atoms with Gasteiger partial charge in [-0.3, -0.25) is 0 Å². The Morgan fingerprint density at radius 1 is 1.17 bits per heavy atom. The van der Waals surface area contributed by atoms with Crippen molar-refractivity contribution in [3.63, 3.8) is 0 Å². The lowest BCUT2D eigenvalue weighted by Gasteiger charge is -2.07. The van der Waals surface area contributed by atoms with Gasteiger partial charge in [0.05, 0.1) is 0 Å². The summed E-state index contributed by atoms with van der Waals surface area (Å²) in [6.45, 7) is 1.47. The average Bonchev–Trinajstić information content (AvgIpc) is 2.43. The fourth-order valence-electron chi connectivity index (χ4n) is 1.94. The molecule has 4 nitrogen and oxygen atoms in total. The molecule has 2 aromatic carbocycles. The van der Waals surface area contributed by atoms with Crippen LogP contribution in [0.25, 0.3) is 10.8 Å². The molecule has 0 heterocycles. The van der Waals surface area contributed by atoms with Gasteiger partial charge < -0.3 is 16.3 Å². The van der Waals surface area contributed by atoms with Crippen LogP contribution in [0.2, 0.25) is 0 Å². The van der Waals surface area contributed by atoms with Crippen molar-refractivity contribution < 1.29 is 5.21 Å². The third kappa shape index (κ3) is 2.99. The molecule has 0 amide bonds. The Kier molecular flexibility index (Phi) is 4.15. The number of benzene rings is 2. The third-order valence-electron chi connectivity index (χ3n) is 2.88. The van der Waals surface area contributed by atoms with Crippen molar-refractivity contribution in [2.45, 2.75) is 13.0 Å². The van der Waals surface area contributed by atoms with Crippen molar-refractivity contribution in [1.82, 2.24) is 5.32 Å². The summed E-state index contributed by atoms with van der Waals surface area (Å²) >= 11 is 0. The third-order valence-corrected chi connectivity index (χ3v) is 2.88. The number of nitrogens with one attached hydrogen (secondary N) is 1. The lowest BCUT2D eigenvalue weighted by Crippen LogP contribution is -2.22. The lowest BCUT2D eigenvalue weighted by atomic mass is 10.0. The van der Waals surface area contributed by atoms with E-state index in [4.69, 9.17) is 10.9 Å². The summed E-state index contributed by atoms with van der Waals surface area (Å²) < 4.78 is 0. The molecule has 0 saturated heterocycles. The molecule has 18 heavy (non-hydrogen) atoms. The van der Waals surface area contributed by atoms with E-state index in [1.165, 1.54) is 16.3 Å². The van der Waals surface area contributed by atoms with Crippen LogP contribution in [0.4, 0.5) is 0 Å². The zero-order chi connectivity index (χ0) is 12.8. The molecule has 0 aliphatic heterocycles. The van der Waals surface area contributed by atoms with E-state index < -0.39 is 0 Å². The minimum atomic E-state index is 0.250. The van der Waals surface area contributed by atoms with Crippen molar-refractivity contribution in [2.24, 2.45) is 10.9 Å². The van der Waals surface area contributed by atoms with E-state index in [1.807, 2.05) is 12.1 Å². The number of amidine groups is 1. The number of oxime groups is 1. The molecule has 0 radical (unpaired) electrons. The highest BCUT2D eigenvalue weighted by molar-refractivity contribution is 5.85. The molecule has 94 valence electrons. The maximum Gasteiger partial charge on any atom is 0.140 e. The summed E-state index contributed by atoms with van der Waals surface area (Å²) in [5.41, 5.74) is 6.66. The van der Waals surface area contributed by atoms with Crippen molar-refractivity contribution in [3.05, 3.63) is 48.0 Å². The second-order valence-corrected chi connectivity index (χ2v) is 4.16. The molecule has 4 heteroatoms. The molecule has 0 bridgehead atoms. The second-order valence-electron chi connectivity index (χ2n) is 4.16. The molecular weight excluding hydrogens is 226 g/mol. The van der Waals surface area contributed by atoms with Gasteiger partial charge in [-0.15, -0.1) is 0 Å². The Bertz CT molecular complexity index is 546. The van der Waals surface area contributed by atoms with Gasteiger partial charge in [-0.2, -0.15) is 0 Å². The highest BCUT2D eigenvalue weighted by Crippen LogP contribution is 2.17. The van der Waals surface area contributed by atoms with Crippen LogP contribution in [0, 0.1) is 0 Å². The van der Waals surface area contributed by atoms with Crippen LogP contribution >= 0.6 is 0 Å². The van der Waals surface area contributed by atoms with Gasteiger partial charge in [0.1, 0.15) is 5.84 Å². The SMILES string of the molecule is N/C(CCNCc1cccc2ccccc12)=N\O. The van der Waals surface area contributed by atoms with E-state index in [0.29, 0.717) is 13.0 Å². The summed E-state index contributed by atoms with van der Waals surface area (Å²) in [5.74, 6) is 0.250. The van der Waals surface area contributed by atoms with Crippen molar-refractivity contribution in [3.8, 4) is 0 Å². The van der Waals surface area contributed by atoms with E-state index in [2.05, 4.69) is 40.8 Å². The smallest absolute Gasteiger partial charge is 0.140 e. The summed E-state index contributed by atoms with van der Waals surface area (Å²) in [4.78, 5) is 0. The molecule has 0 aromatic heterocycles. The zero-order valence-electron chi connectivity index (χ0n) is 10.1. The molecule has 0 unspecified atom stereocenters. The minimum absolute atomic E-state index is 0.250. The number of hydrogen-bond donors (Lipinski definition) is 3. The molecule has 4 N–H and O–H groups in total. The van der Waals surface area contributed by atoms with Crippen LogP contribution in [-0.4, -0.2) is 17.6 Å². The van der Waals surface area contributed by atoms with Crippen molar-refractivity contribution >= 4 is 16.6 Å². The first kappa shape index (κ1) is 12.4. The second kappa shape index (κ2) is 6.02. The van der Waals surface area contributed by atoms with Gasteiger partial charge in [0.2, 0.25) is 0 Å². The van der Waals surface area contributed by atoms with Gasteiger partial charge in [0, 0.05) is 19.5 Å². The molecule has 0 saturated carbocycles. The largest absolute Gasteiger partial charge is 0.409 e. The number of nitrogens with two attached hydrogens (primary N) is 1. The summed E-state index contributed by atoms with van der Waals surface area (Å²) in [6.07, 6.45) is 0.543. The maximum atomic E-state index is 8.43. The highest BCUT2D eigenvalue weighted by Gasteiger charge is 2.00. The molecule has 0 aliphatic carbocycles. The van der Waals surface area contributed by atoms with Crippen molar-refractivity contribution in [1.29, 1.82) is 0 Å². The van der Waals surface area contributed by atoms with E-state index in [1.54, 1.807) is 0 Å². The Balaban J connectivity index is 1.99. The number of fused-ring (bicyclic) bond motifs is 1. The lowest BCUT2D eigenvalue weighted by molar-refractivity contribution is 0.316. The number of hydrogen-bond acceptors (Lipinski definition) is 3. The van der Waals surface area contributed by atoms with E-state index in [9.17, 15) is 0 Å². The van der Waals surface area contributed by atoms with Crippen LogP contribution in [-0.2, 0) is 6.54 Å². The normalized spacial score (nSPS) is 11.9. The van der Waals surface area contributed by atoms with Gasteiger partial charge in [-0.1, -0.05) is 47.6 Å². The first-order chi connectivity index (χ1) is 8.81. The Morgan fingerprint density at radius 2 is 1.94 bits per heavy atom. The first-order valence-electron chi connectivity index (χ1n) is 5.95.